The summed E-state index contributed by atoms with van der Waals surface area (Å²) < 4.78 is 0. The predicted octanol–water partition coefficient (Wildman–Crippen LogP) is 4.05. The second-order valence-corrected chi connectivity index (χ2v) is 5.01. The molecule has 0 heterocycles. The molecule has 0 aliphatic carbocycles. The van der Waals surface area contributed by atoms with Crippen LogP contribution < -0.4 is 0 Å². The number of hydrogen-bond donors (Lipinski definition) is 1. The van der Waals surface area contributed by atoms with E-state index in [0.717, 1.165) is 18.4 Å². The molecule has 0 bridgehead atoms. The van der Waals surface area contributed by atoms with Gasteiger partial charge in [0.1, 0.15) is 0 Å². The number of rotatable bonds is 6. The molecule has 0 saturated heterocycles. The van der Waals surface area contributed by atoms with Crippen molar-refractivity contribution in [1.29, 1.82) is 0 Å². The monoisotopic (exact) mass is 268 g/mol. The number of carboxylic acids is 1. The molecule has 0 aromatic heterocycles. The summed E-state index contributed by atoms with van der Waals surface area (Å²) in [4.78, 5) is 11.4. The minimum atomic E-state index is -0.749. The van der Waals surface area contributed by atoms with Gasteiger partial charge in [-0.15, -0.1) is 0 Å². The Kier molecular flexibility index (Phi) is 4.94. The van der Waals surface area contributed by atoms with Crippen molar-refractivity contribution in [3.05, 3.63) is 71.3 Å². The topological polar surface area (TPSA) is 37.3 Å². The molecule has 0 fully saturated rings. The van der Waals surface area contributed by atoms with Crippen molar-refractivity contribution >= 4 is 5.97 Å². The standard InChI is InChI=1S/C18H20O2/c1-2-14-8-10-15(11-9-14)12-13-17(18(19)20)16-6-4-3-5-7-16/h3-11,17H,2,12-13H2,1H3,(H,19,20). The molecule has 20 heavy (non-hydrogen) atoms. The molecule has 2 rings (SSSR count). The predicted molar refractivity (Wildman–Crippen MR) is 81.0 cm³/mol. The second kappa shape index (κ2) is 6.90. The van der Waals surface area contributed by atoms with Crippen molar-refractivity contribution in [3.63, 3.8) is 0 Å². The van der Waals surface area contributed by atoms with E-state index < -0.39 is 11.9 Å². The van der Waals surface area contributed by atoms with Crippen LogP contribution in [0.25, 0.3) is 0 Å². The summed E-state index contributed by atoms with van der Waals surface area (Å²) in [5, 5.41) is 9.39. The van der Waals surface area contributed by atoms with Gasteiger partial charge >= 0.3 is 5.97 Å². The first-order chi connectivity index (χ1) is 9.70. The minimum Gasteiger partial charge on any atom is -0.481 e. The number of carboxylic acid groups (broad SMARTS) is 1. The van der Waals surface area contributed by atoms with Crippen molar-refractivity contribution in [1.82, 2.24) is 0 Å². The Balaban J connectivity index is 2.04. The lowest BCUT2D eigenvalue weighted by Gasteiger charge is -2.12. The van der Waals surface area contributed by atoms with E-state index in [0.29, 0.717) is 6.42 Å². The Labute approximate surface area is 120 Å². The Morgan fingerprint density at radius 3 is 2.15 bits per heavy atom. The summed E-state index contributed by atoms with van der Waals surface area (Å²) in [6, 6.07) is 17.9. The van der Waals surface area contributed by atoms with Crippen LogP contribution in [0, 0.1) is 0 Å². The first-order valence-electron chi connectivity index (χ1n) is 7.06. The molecule has 1 N–H and O–H groups in total. The summed E-state index contributed by atoms with van der Waals surface area (Å²) in [7, 11) is 0. The second-order valence-electron chi connectivity index (χ2n) is 5.01. The molecule has 0 radical (unpaired) electrons. The Hall–Kier alpha value is -2.09. The molecule has 0 spiro atoms. The molecular weight excluding hydrogens is 248 g/mol. The molecule has 1 unspecified atom stereocenters. The van der Waals surface area contributed by atoms with E-state index in [9.17, 15) is 9.90 Å². The van der Waals surface area contributed by atoms with Crippen LogP contribution in [0.4, 0.5) is 0 Å². The highest BCUT2D eigenvalue weighted by Crippen LogP contribution is 2.22. The summed E-state index contributed by atoms with van der Waals surface area (Å²) in [5.74, 6) is -1.18. The fraction of sp³-hybridized carbons (Fsp3) is 0.278. The molecule has 0 aliphatic rings. The number of carbonyl (C=O) groups is 1. The number of hydrogen-bond acceptors (Lipinski definition) is 1. The molecule has 2 nitrogen and oxygen atoms in total. The molecule has 104 valence electrons. The van der Waals surface area contributed by atoms with E-state index in [1.54, 1.807) is 0 Å². The highest BCUT2D eigenvalue weighted by atomic mass is 16.4. The Morgan fingerprint density at radius 2 is 1.60 bits per heavy atom. The van der Waals surface area contributed by atoms with Crippen molar-refractivity contribution in [3.8, 4) is 0 Å². The van der Waals surface area contributed by atoms with E-state index in [1.807, 2.05) is 30.3 Å². The lowest BCUT2D eigenvalue weighted by Crippen LogP contribution is -2.12. The summed E-state index contributed by atoms with van der Waals surface area (Å²) >= 11 is 0. The van der Waals surface area contributed by atoms with Crippen molar-refractivity contribution in [2.45, 2.75) is 32.1 Å². The van der Waals surface area contributed by atoms with E-state index in [1.165, 1.54) is 11.1 Å². The maximum Gasteiger partial charge on any atom is 0.310 e. The van der Waals surface area contributed by atoms with Crippen LogP contribution in [-0.2, 0) is 17.6 Å². The molecule has 2 aromatic carbocycles. The van der Waals surface area contributed by atoms with E-state index in [2.05, 4.69) is 31.2 Å². The maximum absolute atomic E-state index is 11.4. The lowest BCUT2D eigenvalue weighted by atomic mass is 9.92. The average Bonchev–Trinajstić information content (AvgIpc) is 2.49. The van der Waals surface area contributed by atoms with Crippen LogP contribution in [0.3, 0.4) is 0 Å². The van der Waals surface area contributed by atoms with Gasteiger partial charge in [0.25, 0.3) is 0 Å². The van der Waals surface area contributed by atoms with Crippen molar-refractivity contribution in [2.24, 2.45) is 0 Å². The first kappa shape index (κ1) is 14.3. The van der Waals surface area contributed by atoms with Gasteiger partial charge in [-0.1, -0.05) is 61.5 Å². The molecule has 1 atom stereocenters. The van der Waals surface area contributed by atoms with Gasteiger partial charge in [-0.2, -0.15) is 0 Å². The SMILES string of the molecule is CCc1ccc(CCC(C(=O)O)c2ccccc2)cc1. The van der Waals surface area contributed by atoms with Gasteiger partial charge in [0.05, 0.1) is 5.92 Å². The van der Waals surface area contributed by atoms with E-state index >= 15 is 0 Å². The third-order valence-electron chi connectivity index (χ3n) is 3.65. The number of aliphatic carboxylic acids is 1. The molecule has 0 saturated carbocycles. The smallest absolute Gasteiger partial charge is 0.310 e. The summed E-state index contributed by atoms with van der Waals surface area (Å²) in [6.07, 6.45) is 2.45. The van der Waals surface area contributed by atoms with Crippen LogP contribution in [0.1, 0.15) is 36.0 Å². The highest BCUT2D eigenvalue weighted by Gasteiger charge is 2.19. The molecule has 0 amide bonds. The maximum atomic E-state index is 11.4. The van der Waals surface area contributed by atoms with Crippen LogP contribution in [0.5, 0.6) is 0 Å². The van der Waals surface area contributed by atoms with Gasteiger partial charge in [-0.25, -0.2) is 0 Å². The van der Waals surface area contributed by atoms with Crippen LogP contribution >= 0.6 is 0 Å². The number of benzene rings is 2. The quantitative estimate of drug-likeness (QED) is 0.858. The molecular formula is C18H20O2. The molecule has 0 aliphatic heterocycles. The lowest BCUT2D eigenvalue weighted by molar-refractivity contribution is -0.138. The van der Waals surface area contributed by atoms with Gasteiger partial charge in [-0.3, -0.25) is 4.79 Å². The number of aryl methyl sites for hydroxylation is 2. The van der Waals surface area contributed by atoms with E-state index in [4.69, 9.17) is 0 Å². The van der Waals surface area contributed by atoms with Crippen LogP contribution in [0.15, 0.2) is 54.6 Å². The molecule has 2 heteroatoms. The third-order valence-corrected chi connectivity index (χ3v) is 3.65. The minimum absolute atomic E-state index is 0.429. The average molecular weight is 268 g/mol. The highest BCUT2D eigenvalue weighted by molar-refractivity contribution is 5.76. The zero-order chi connectivity index (χ0) is 14.4. The molecule has 2 aromatic rings. The van der Waals surface area contributed by atoms with Gasteiger partial charge in [0.15, 0.2) is 0 Å². The zero-order valence-corrected chi connectivity index (χ0v) is 11.8. The third kappa shape index (κ3) is 3.70. The Morgan fingerprint density at radius 1 is 1.00 bits per heavy atom. The normalized spacial score (nSPS) is 12.1. The van der Waals surface area contributed by atoms with Gasteiger partial charge in [0, 0.05) is 0 Å². The van der Waals surface area contributed by atoms with Crippen LogP contribution in [0.2, 0.25) is 0 Å². The fourth-order valence-corrected chi connectivity index (χ4v) is 2.37. The fourth-order valence-electron chi connectivity index (χ4n) is 2.37. The van der Waals surface area contributed by atoms with Gasteiger partial charge < -0.3 is 5.11 Å². The largest absolute Gasteiger partial charge is 0.481 e. The summed E-state index contributed by atoms with van der Waals surface area (Å²) in [6.45, 7) is 2.13. The summed E-state index contributed by atoms with van der Waals surface area (Å²) in [5.41, 5.74) is 3.39. The Bertz CT molecular complexity index is 543. The van der Waals surface area contributed by atoms with Gasteiger partial charge in [0.2, 0.25) is 0 Å². The zero-order valence-electron chi connectivity index (χ0n) is 11.8. The van der Waals surface area contributed by atoms with Crippen LogP contribution in [-0.4, -0.2) is 11.1 Å². The van der Waals surface area contributed by atoms with Crippen molar-refractivity contribution < 1.29 is 9.90 Å². The van der Waals surface area contributed by atoms with E-state index in [-0.39, 0.29) is 0 Å². The van der Waals surface area contributed by atoms with Gasteiger partial charge in [-0.05, 0) is 36.0 Å². The van der Waals surface area contributed by atoms with Crippen molar-refractivity contribution in [2.75, 3.05) is 0 Å². The first-order valence-corrected chi connectivity index (χ1v) is 7.06.